The second kappa shape index (κ2) is 6.99. The summed E-state index contributed by atoms with van der Waals surface area (Å²) in [6, 6.07) is 6.65. The van der Waals surface area contributed by atoms with Gasteiger partial charge in [0.25, 0.3) is 9.04 Å². The van der Waals surface area contributed by atoms with Gasteiger partial charge in [0.05, 0.1) is 12.7 Å². The van der Waals surface area contributed by atoms with Gasteiger partial charge in [-0.3, -0.25) is 0 Å². The average molecular weight is 384 g/mol. The summed E-state index contributed by atoms with van der Waals surface area (Å²) in [6.45, 7) is 11.3. The van der Waals surface area contributed by atoms with Crippen molar-refractivity contribution in [3.8, 4) is 5.75 Å². The van der Waals surface area contributed by atoms with Crippen LogP contribution in [-0.2, 0) is 10.2 Å². The number of allylic oxidation sites excluding steroid dienone is 1. The molecule has 4 bridgehead atoms. The molecule has 1 radical (unpaired) electrons. The van der Waals surface area contributed by atoms with Crippen LogP contribution >= 0.6 is 0 Å². The first-order chi connectivity index (χ1) is 12.8. The maximum absolute atomic E-state index is 6.52. The predicted molar refractivity (Wildman–Crippen MR) is 114 cm³/mol. The third-order valence-corrected chi connectivity index (χ3v) is 7.47. The van der Waals surface area contributed by atoms with Crippen molar-refractivity contribution in [1.82, 2.24) is 0 Å². The molecule has 4 fully saturated rings. The van der Waals surface area contributed by atoms with Gasteiger partial charge in [-0.2, -0.15) is 0 Å². The average Bonchev–Trinajstić information content (AvgIpc) is 2.56. The summed E-state index contributed by atoms with van der Waals surface area (Å²) in [5, 5.41) is 0. The molecule has 1 aromatic carbocycles. The molecule has 27 heavy (non-hydrogen) atoms. The second-order valence-electron chi connectivity index (χ2n) is 10.2. The Kier molecular flexibility index (Phi) is 4.94. The van der Waals surface area contributed by atoms with E-state index >= 15 is 0 Å². The molecular weight excluding hydrogens is 348 g/mol. The van der Waals surface area contributed by atoms with Crippen molar-refractivity contribution < 1.29 is 9.16 Å². The summed E-state index contributed by atoms with van der Waals surface area (Å²) in [7, 11) is 1.01. The summed E-state index contributed by atoms with van der Waals surface area (Å²) in [5.41, 5.74) is 4.15. The zero-order valence-corrected chi connectivity index (χ0v) is 18.9. The minimum absolute atomic E-state index is 0.0518. The Bertz CT molecular complexity index is 711. The van der Waals surface area contributed by atoms with Gasteiger partial charge in [0.15, 0.2) is 0 Å². The Hall–Kier alpha value is -1.22. The molecule has 0 unspecified atom stereocenters. The van der Waals surface area contributed by atoms with Crippen molar-refractivity contribution in [2.24, 2.45) is 23.7 Å². The smallest absolute Gasteiger partial charge is 0.274 e. The van der Waals surface area contributed by atoms with E-state index in [-0.39, 0.29) is 5.41 Å². The first kappa shape index (κ1) is 19.1. The SMILES string of the molecule is COC(=C1C2CC3CC(C2)CC1C3)c1cccc(C(C)(C)C)c1O[Si](C)C. The molecule has 1 aromatic rings. The van der Waals surface area contributed by atoms with E-state index in [0.29, 0.717) is 0 Å². The highest BCUT2D eigenvalue weighted by Crippen LogP contribution is 2.58. The molecular formula is C24H35O2Si. The van der Waals surface area contributed by atoms with E-state index in [4.69, 9.17) is 9.16 Å². The zero-order chi connectivity index (χ0) is 19.3. The van der Waals surface area contributed by atoms with Crippen LogP contribution in [0.1, 0.15) is 64.0 Å². The summed E-state index contributed by atoms with van der Waals surface area (Å²) < 4.78 is 12.7. The quantitative estimate of drug-likeness (QED) is 0.441. The number of rotatable bonds is 4. The van der Waals surface area contributed by atoms with Crippen molar-refractivity contribution in [2.45, 2.75) is 71.4 Å². The van der Waals surface area contributed by atoms with Gasteiger partial charge in [0.1, 0.15) is 11.5 Å². The Balaban J connectivity index is 1.86. The van der Waals surface area contributed by atoms with Crippen molar-refractivity contribution in [3.63, 3.8) is 0 Å². The van der Waals surface area contributed by atoms with Crippen LogP contribution in [0.15, 0.2) is 23.8 Å². The van der Waals surface area contributed by atoms with Gasteiger partial charge in [-0.1, -0.05) is 32.9 Å². The van der Waals surface area contributed by atoms with Crippen LogP contribution in [0.25, 0.3) is 5.76 Å². The Morgan fingerprint density at radius 1 is 0.963 bits per heavy atom. The van der Waals surface area contributed by atoms with E-state index in [1.54, 1.807) is 5.57 Å². The fourth-order valence-electron chi connectivity index (χ4n) is 6.07. The van der Waals surface area contributed by atoms with Crippen LogP contribution in [0.5, 0.6) is 5.75 Å². The minimum atomic E-state index is -0.860. The summed E-state index contributed by atoms with van der Waals surface area (Å²) in [4.78, 5) is 0. The Labute approximate surface area is 167 Å². The fourth-order valence-corrected chi connectivity index (χ4v) is 6.69. The molecule has 0 saturated heterocycles. The molecule has 0 spiro atoms. The third kappa shape index (κ3) is 3.48. The lowest BCUT2D eigenvalue weighted by molar-refractivity contribution is 0.0675. The summed E-state index contributed by atoms with van der Waals surface area (Å²) in [5.74, 6) is 5.60. The molecule has 4 saturated carbocycles. The normalized spacial score (nSPS) is 29.4. The van der Waals surface area contributed by atoms with E-state index in [2.05, 4.69) is 52.1 Å². The predicted octanol–water partition coefficient (Wildman–Crippen LogP) is 6.43. The number of methoxy groups -OCH3 is 1. The van der Waals surface area contributed by atoms with Gasteiger partial charge in [-0.05, 0) is 91.5 Å². The van der Waals surface area contributed by atoms with Crippen molar-refractivity contribution in [1.29, 1.82) is 0 Å². The highest BCUT2D eigenvalue weighted by atomic mass is 28.3. The van der Waals surface area contributed by atoms with E-state index in [1.165, 1.54) is 43.2 Å². The number of para-hydroxylation sites is 1. The standard InChI is InChI=1S/C24H35O2Si/c1-24(2,3)20-9-7-8-19(22(20)26-27(5)6)23(25-4)21-17-11-15-10-16(13-17)14-18(21)12-15/h7-9,15-18H,10-14H2,1-6H3. The van der Waals surface area contributed by atoms with Crippen LogP contribution in [0.2, 0.25) is 13.1 Å². The molecule has 0 heterocycles. The molecule has 2 nitrogen and oxygen atoms in total. The van der Waals surface area contributed by atoms with Crippen molar-refractivity contribution in [2.75, 3.05) is 7.11 Å². The Morgan fingerprint density at radius 3 is 2.04 bits per heavy atom. The monoisotopic (exact) mass is 383 g/mol. The molecule has 0 aliphatic heterocycles. The maximum Gasteiger partial charge on any atom is 0.274 e. The topological polar surface area (TPSA) is 18.5 Å². The van der Waals surface area contributed by atoms with Crippen LogP contribution in [-0.4, -0.2) is 16.2 Å². The van der Waals surface area contributed by atoms with Crippen LogP contribution in [0.3, 0.4) is 0 Å². The van der Waals surface area contributed by atoms with Gasteiger partial charge < -0.3 is 9.16 Å². The largest absolute Gasteiger partial charge is 0.542 e. The highest BCUT2D eigenvalue weighted by Gasteiger charge is 2.47. The molecule has 0 atom stereocenters. The molecule has 147 valence electrons. The van der Waals surface area contributed by atoms with E-state index < -0.39 is 9.04 Å². The van der Waals surface area contributed by atoms with E-state index in [0.717, 1.165) is 35.2 Å². The molecule has 0 N–H and O–H groups in total. The molecule has 3 heteroatoms. The first-order valence-electron chi connectivity index (χ1n) is 10.7. The highest BCUT2D eigenvalue weighted by molar-refractivity contribution is 6.49. The lowest BCUT2D eigenvalue weighted by atomic mass is 9.54. The minimum Gasteiger partial charge on any atom is -0.542 e. The number of benzene rings is 1. The second-order valence-corrected chi connectivity index (χ2v) is 12.3. The van der Waals surface area contributed by atoms with Gasteiger partial charge in [-0.15, -0.1) is 0 Å². The Morgan fingerprint density at radius 2 is 1.56 bits per heavy atom. The van der Waals surface area contributed by atoms with Crippen LogP contribution in [0, 0.1) is 23.7 Å². The van der Waals surface area contributed by atoms with Crippen molar-refractivity contribution in [3.05, 3.63) is 34.9 Å². The third-order valence-electron chi connectivity index (χ3n) is 6.86. The number of hydrogen-bond donors (Lipinski definition) is 0. The lowest BCUT2D eigenvalue weighted by Gasteiger charge is -2.51. The van der Waals surface area contributed by atoms with Gasteiger partial charge in [0.2, 0.25) is 0 Å². The maximum atomic E-state index is 6.52. The number of ether oxygens (including phenoxy) is 1. The van der Waals surface area contributed by atoms with Gasteiger partial charge >= 0.3 is 0 Å². The van der Waals surface area contributed by atoms with Crippen molar-refractivity contribution >= 4 is 14.8 Å². The van der Waals surface area contributed by atoms with E-state index in [9.17, 15) is 0 Å². The lowest BCUT2D eigenvalue weighted by Crippen LogP contribution is -2.41. The molecule has 0 amide bonds. The van der Waals surface area contributed by atoms with Crippen LogP contribution in [0.4, 0.5) is 0 Å². The summed E-state index contributed by atoms with van der Waals surface area (Å²) >= 11 is 0. The molecule has 0 aromatic heterocycles. The fraction of sp³-hybridized carbons (Fsp3) is 0.667. The zero-order valence-electron chi connectivity index (χ0n) is 17.9. The summed E-state index contributed by atoms with van der Waals surface area (Å²) in [6.07, 6.45) is 6.98. The molecule has 5 rings (SSSR count). The number of hydrogen-bond acceptors (Lipinski definition) is 2. The van der Waals surface area contributed by atoms with Crippen LogP contribution < -0.4 is 4.43 Å². The van der Waals surface area contributed by atoms with Gasteiger partial charge in [0, 0.05) is 0 Å². The van der Waals surface area contributed by atoms with E-state index in [1.807, 2.05) is 7.11 Å². The van der Waals surface area contributed by atoms with Gasteiger partial charge in [-0.25, -0.2) is 0 Å². The first-order valence-corrected chi connectivity index (χ1v) is 13.1. The molecule has 4 aliphatic carbocycles. The molecule has 4 aliphatic rings.